The zero-order chi connectivity index (χ0) is 14.3. The van der Waals surface area contributed by atoms with E-state index in [-0.39, 0.29) is 11.8 Å². The van der Waals surface area contributed by atoms with Crippen LogP contribution in [0.3, 0.4) is 0 Å². The Bertz CT molecular complexity index is 404. The second-order valence-electron chi connectivity index (χ2n) is 4.08. The third-order valence-corrected chi connectivity index (χ3v) is 3.01. The lowest BCUT2D eigenvalue weighted by molar-refractivity contribution is -0.131. The Kier molecular flexibility index (Phi) is 6.32. The van der Waals surface area contributed by atoms with Crippen molar-refractivity contribution in [3.8, 4) is 5.75 Å². The maximum Gasteiger partial charge on any atom is 0.227 e. The van der Waals surface area contributed by atoms with Crippen molar-refractivity contribution in [2.75, 3.05) is 28.4 Å². The van der Waals surface area contributed by atoms with Crippen LogP contribution in [-0.4, -0.2) is 40.6 Å². The fraction of sp³-hybridized carbons (Fsp3) is 0.500. The summed E-state index contributed by atoms with van der Waals surface area (Å²) in [6.07, 6.45) is 0.0216. The number of methoxy groups -OCH3 is 3. The van der Waals surface area contributed by atoms with Gasteiger partial charge in [0.15, 0.2) is 6.29 Å². The maximum atomic E-state index is 12.0. The van der Waals surface area contributed by atoms with E-state index in [2.05, 4.69) is 5.32 Å². The van der Waals surface area contributed by atoms with Gasteiger partial charge in [-0.25, -0.2) is 0 Å². The summed E-state index contributed by atoms with van der Waals surface area (Å²) in [4.78, 5) is 12.0. The van der Waals surface area contributed by atoms with Gasteiger partial charge in [-0.1, -0.05) is 12.1 Å². The highest BCUT2D eigenvalue weighted by atomic mass is 16.7. The van der Waals surface area contributed by atoms with Gasteiger partial charge >= 0.3 is 0 Å². The molecule has 0 bridgehead atoms. The molecule has 19 heavy (non-hydrogen) atoms. The van der Waals surface area contributed by atoms with Gasteiger partial charge in [-0.3, -0.25) is 4.79 Å². The van der Waals surface area contributed by atoms with Crippen molar-refractivity contribution in [2.45, 2.75) is 18.6 Å². The number of carbonyl (C=O) groups is 1. The normalized spacial score (nSPS) is 12.3. The van der Waals surface area contributed by atoms with E-state index in [1.165, 1.54) is 0 Å². The molecule has 0 fully saturated rings. The molecule has 0 aliphatic rings. The zero-order valence-electron chi connectivity index (χ0n) is 11.8. The highest BCUT2D eigenvalue weighted by molar-refractivity contribution is 5.83. The van der Waals surface area contributed by atoms with Crippen molar-refractivity contribution < 1.29 is 19.0 Å². The van der Waals surface area contributed by atoms with Gasteiger partial charge < -0.3 is 19.5 Å². The molecule has 0 spiro atoms. The van der Waals surface area contributed by atoms with Crippen LogP contribution < -0.4 is 10.1 Å². The van der Waals surface area contributed by atoms with Crippen LogP contribution in [0.1, 0.15) is 17.9 Å². The first kappa shape index (κ1) is 15.5. The standard InChI is InChI=1S/C14H21NO4/c1-15-14(16)12(9-13(18-3)19-4)10-6-5-7-11(8-10)17-2/h5-8,12-13H,9H2,1-4H3,(H,15,16). The lowest BCUT2D eigenvalue weighted by atomic mass is 9.94. The summed E-state index contributed by atoms with van der Waals surface area (Å²) in [6, 6.07) is 7.44. The predicted molar refractivity (Wildman–Crippen MR) is 72.2 cm³/mol. The highest BCUT2D eigenvalue weighted by Crippen LogP contribution is 2.26. The lowest BCUT2D eigenvalue weighted by Gasteiger charge is -2.21. The van der Waals surface area contributed by atoms with E-state index in [1.54, 1.807) is 28.4 Å². The average molecular weight is 267 g/mol. The summed E-state index contributed by atoms with van der Waals surface area (Å²) in [7, 11) is 6.33. The van der Waals surface area contributed by atoms with E-state index in [4.69, 9.17) is 14.2 Å². The topological polar surface area (TPSA) is 56.8 Å². The van der Waals surface area contributed by atoms with Crippen molar-refractivity contribution in [3.05, 3.63) is 29.8 Å². The highest BCUT2D eigenvalue weighted by Gasteiger charge is 2.24. The summed E-state index contributed by atoms with van der Waals surface area (Å²) in [5.41, 5.74) is 0.873. The smallest absolute Gasteiger partial charge is 0.227 e. The van der Waals surface area contributed by atoms with Gasteiger partial charge in [0.2, 0.25) is 5.91 Å². The molecule has 0 radical (unpaired) electrons. The Balaban J connectivity index is 2.98. The molecular weight excluding hydrogens is 246 g/mol. The number of rotatable bonds is 7. The second-order valence-corrected chi connectivity index (χ2v) is 4.08. The molecule has 1 atom stereocenters. The summed E-state index contributed by atoms with van der Waals surface area (Å²) in [5.74, 6) is 0.301. The molecule has 1 amide bonds. The SMILES string of the molecule is CNC(=O)C(CC(OC)OC)c1cccc(OC)c1. The molecular formula is C14H21NO4. The Morgan fingerprint density at radius 1 is 1.26 bits per heavy atom. The van der Waals surface area contributed by atoms with Crippen molar-refractivity contribution in [3.63, 3.8) is 0 Å². The van der Waals surface area contributed by atoms with Crippen LogP contribution in [0.15, 0.2) is 24.3 Å². The van der Waals surface area contributed by atoms with Crippen molar-refractivity contribution in [1.29, 1.82) is 0 Å². The van der Waals surface area contributed by atoms with Gasteiger partial charge in [0.05, 0.1) is 13.0 Å². The van der Waals surface area contributed by atoms with Crippen LogP contribution in [-0.2, 0) is 14.3 Å². The molecule has 0 saturated heterocycles. The minimum atomic E-state index is -0.423. The molecule has 0 aromatic heterocycles. The van der Waals surface area contributed by atoms with E-state index >= 15 is 0 Å². The van der Waals surface area contributed by atoms with Crippen LogP contribution in [0, 0.1) is 0 Å². The van der Waals surface area contributed by atoms with Crippen molar-refractivity contribution in [1.82, 2.24) is 5.32 Å². The molecule has 5 heteroatoms. The van der Waals surface area contributed by atoms with Crippen molar-refractivity contribution in [2.24, 2.45) is 0 Å². The van der Waals surface area contributed by atoms with Gasteiger partial charge in [-0.05, 0) is 17.7 Å². The summed E-state index contributed by atoms with van der Waals surface area (Å²) in [5, 5.41) is 2.66. The van der Waals surface area contributed by atoms with E-state index in [0.717, 1.165) is 11.3 Å². The molecule has 0 aliphatic carbocycles. The molecule has 0 saturated carbocycles. The maximum absolute atomic E-state index is 12.0. The van der Waals surface area contributed by atoms with E-state index < -0.39 is 6.29 Å². The third kappa shape index (κ3) is 4.22. The van der Waals surface area contributed by atoms with Crippen molar-refractivity contribution >= 4 is 5.91 Å². The zero-order valence-corrected chi connectivity index (χ0v) is 11.8. The Hall–Kier alpha value is -1.59. The number of likely N-dealkylation sites (N-methyl/N-ethyl adjacent to an activating group) is 1. The molecule has 1 unspecified atom stereocenters. The lowest BCUT2D eigenvalue weighted by Crippen LogP contribution is -2.29. The average Bonchev–Trinajstić information content (AvgIpc) is 2.48. The minimum absolute atomic E-state index is 0.0765. The van der Waals surface area contributed by atoms with Crippen LogP contribution >= 0.6 is 0 Å². The Morgan fingerprint density at radius 3 is 2.47 bits per heavy atom. The van der Waals surface area contributed by atoms with Gasteiger partial charge in [0, 0.05) is 27.7 Å². The Labute approximate surface area is 113 Å². The van der Waals surface area contributed by atoms with Crippen LogP contribution in [0.2, 0.25) is 0 Å². The number of nitrogens with one attached hydrogen (secondary N) is 1. The van der Waals surface area contributed by atoms with E-state index in [1.807, 2.05) is 24.3 Å². The molecule has 0 heterocycles. The minimum Gasteiger partial charge on any atom is -0.497 e. The number of ether oxygens (including phenoxy) is 3. The third-order valence-electron chi connectivity index (χ3n) is 3.01. The first-order chi connectivity index (χ1) is 9.15. The van der Waals surface area contributed by atoms with Gasteiger partial charge in [-0.15, -0.1) is 0 Å². The Morgan fingerprint density at radius 2 is 1.95 bits per heavy atom. The molecule has 5 nitrogen and oxygen atoms in total. The quantitative estimate of drug-likeness (QED) is 0.761. The van der Waals surface area contributed by atoms with E-state index in [0.29, 0.717) is 6.42 Å². The largest absolute Gasteiger partial charge is 0.497 e. The fourth-order valence-corrected chi connectivity index (χ4v) is 1.91. The summed E-state index contributed by atoms with van der Waals surface area (Å²) >= 11 is 0. The molecule has 1 rings (SSSR count). The second kappa shape index (κ2) is 7.76. The number of benzene rings is 1. The van der Waals surface area contributed by atoms with Gasteiger partial charge in [0.1, 0.15) is 5.75 Å². The number of hydrogen-bond donors (Lipinski definition) is 1. The van der Waals surface area contributed by atoms with Crippen LogP contribution in [0.5, 0.6) is 5.75 Å². The predicted octanol–water partition coefficient (Wildman–Crippen LogP) is 1.53. The fourth-order valence-electron chi connectivity index (χ4n) is 1.91. The number of amides is 1. The molecule has 1 aromatic rings. The first-order valence-electron chi connectivity index (χ1n) is 6.07. The van der Waals surface area contributed by atoms with Crippen LogP contribution in [0.25, 0.3) is 0 Å². The van der Waals surface area contributed by atoms with E-state index in [9.17, 15) is 4.79 Å². The molecule has 1 aromatic carbocycles. The van der Waals surface area contributed by atoms with Gasteiger partial charge in [-0.2, -0.15) is 0 Å². The molecule has 1 N–H and O–H groups in total. The van der Waals surface area contributed by atoms with Crippen LogP contribution in [0.4, 0.5) is 0 Å². The first-order valence-corrected chi connectivity index (χ1v) is 6.07. The number of hydrogen-bond acceptors (Lipinski definition) is 4. The van der Waals surface area contributed by atoms with Gasteiger partial charge in [0.25, 0.3) is 0 Å². The molecule has 106 valence electrons. The molecule has 0 aliphatic heterocycles. The number of carbonyl (C=O) groups excluding carboxylic acids is 1. The summed E-state index contributed by atoms with van der Waals surface area (Å²) < 4.78 is 15.5. The monoisotopic (exact) mass is 267 g/mol. The summed E-state index contributed by atoms with van der Waals surface area (Å²) in [6.45, 7) is 0.